The number of carbonyl (C=O) groups is 1. The van der Waals surface area contributed by atoms with Gasteiger partial charge in [0.05, 0.1) is 16.0 Å². The first-order chi connectivity index (χ1) is 12.3. The molecule has 1 fully saturated rings. The maximum atomic E-state index is 13.1. The smallest absolute Gasteiger partial charge is 0.243 e. The molecule has 2 aromatic rings. The van der Waals surface area contributed by atoms with Gasteiger partial charge >= 0.3 is 0 Å². The summed E-state index contributed by atoms with van der Waals surface area (Å²) in [7, 11) is -3.85. The van der Waals surface area contributed by atoms with Gasteiger partial charge in [-0.1, -0.05) is 41.9 Å². The van der Waals surface area contributed by atoms with Crippen LogP contribution in [-0.4, -0.2) is 36.2 Å². The monoisotopic (exact) mass is 393 g/mol. The number of hydrogen-bond acceptors (Lipinski definition) is 4. The van der Waals surface area contributed by atoms with Crippen molar-refractivity contribution in [2.24, 2.45) is 0 Å². The third-order valence-corrected chi connectivity index (χ3v) is 6.66. The molecule has 26 heavy (non-hydrogen) atoms. The Kier molecular flexibility index (Phi) is 5.48. The number of aliphatic hydroxyl groups excluding tert-OH is 1. The molecule has 1 aliphatic carbocycles. The SMILES string of the molecule is CC(=O)c1cc(S(=O)(=O)N(CC(O)c2ccccc2)C2CC2)ccc1Cl. The van der Waals surface area contributed by atoms with Gasteiger partial charge in [0.25, 0.3) is 0 Å². The predicted octanol–water partition coefficient (Wildman–Crippen LogP) is 3.43. The molecule has 2 aromatic carbocycles. The molecule has 0 radical (unpaired) electrons. The lowest BCUT2D eigenvalue weighted by Gasteiger charge is -2.25. The van der Waals surface area contributed by atoms with Crippen molar-refractivity contribution in [1.82, 2.24) is 4.31 Å². The summed E-state index contributed by atoms with van der Waals surface area (Å²) in [5.41, 5.74) is 0.834. The average molecular weight is 394 g/mol. The molecule has 0 heterocycles. The van der Waals surface area contributed by atoms with Crippen LogP contribution < -0.4 is 0 Å². The molecule has 1 unspecified atom stereocenters. The van der Waals surface area contributed by atoms with E-state index in [1.165, 1.54) is 29.4 Å². The second kappa shape index (κ2) is 7.48. The van der Waals surface area contributed by atoms with Crippen LogP contribution in [0.25, 0.3) is 0 Å². The third-order valence-electron chi connectivity index (χ3n) is 4.42. The van der Waals surface area contributed by atoms with Crippen molar-refractivity contribution in [2.75, 3.05) is 6.54 Å². The van der Waals surface area contributed by atoms with Gasteiger partial charge in [-0.25, -0.2) is 8.42 Å². The number of hydrogen-bond donors (Lipinski definition) is 1. The lowest BCUT2D eigenvalue weighted by molar-refractivity contribution is 0.101. The molecule has 3 rings (SSSR count). The Morgan fingerprint density at radius 3 is 2.46 bits per heavy atom. The molecule has 0 bridgehead atoms. The fourth-order valence-corrected chi connectivity index (χ4v) is 4.80. The van der Waals surface area contributed by atoms with E-state index in [1.54, 1.807) is 24.3 Å². The number of rotatable bonds is 7. The van der Waals surface area contributed by atoms with Crippen LogP contribution in [-0.2, 0) is 10.0 Å². The lowest BCUT2D eigenvalue weighted by Crippen LogP contribution is -2.36. The van der Waals surface area contributed by atoms with Gasteiger partial charge in [-0.15, -0.1) is 0 Å². The van der Waals surface area contributed by atoms with Crippen LogP contribution in [0.4, 0.5) is 0 Å². The molecule has 1 N–H and O–H groups in total. The number of Topliss-reactive ketones (excluding diaryl/α,β-unsaturated/α-hetero) is 1. The summed E-state index contributed by atoms with van der Waals surface area (Å²) in [5.74, 6) is -0.297. The number of aliphatic hydroxyl groups is 1. The summed E-state index contributed by atoms with van der Waals surface area (Å²) in [6, 6.07) is 13.0. The zero-order valence-electron chi connectivity index (χ0n) is 14.3. The van der Waals surface area contributed by atoms with E-state index in [0.29, 0.717) is 5.56 Å². The minimum atomic E-state index is -3.85. The second-order valence-electron chi connectivity index (χ2n) is 6.43. The third kappa shape index (κ3) is 3.99. The number of nitrogens with zero attached hydrogens (tertiary/aromatic N) is 1. The molecule has 0 spiro atoms. The Bertz CT molecular complexity index is 910. The first-order valence-corrected chi connectivity index (χ1v) is 10.2. The Labute approximate surface area is 158 Å². The van der Waals surface area contributed by atoms with Crippen molar-refractivity contribution < 1.29 is 18.3 Å². The van der Waals surface area contributed by atoms with Crippen LogP contribution in [0, 0.1) is 0 Å². The van der Waals surface area contributed by atoms with Gasteiger partial charge in [0.2, 0.25) is 10.0 Å². The molecule has 1 atom stereocenters. The summed E-state index contributed by atoms with van der Waals surface area (Å²) < 4.78 is 27.6. The first kappa shape index (κ1) is 19.0. The standard InChI is InChI=1S/C19H20ClNO4S/c1-13(22)17-11-16(9-10-18(17)20)26(24,25)21(15-7-8-15)12-19(23)14-5-3-2-4-6-14/h2-6,9-11,15,19,23H,7-8,12H2,1H3. The maximum absolute atomic E-state index is 13.1. The van der Waals surface area contributed by atoms with Crippen LogP contribution >= 0.6 is 11.6 Å². The van der Waals surface area contributed by atoms with E-state index in [9.17, 15) is 18.3 Å². The Morgan fingerprint density at radius 1 is 1.23 bits per heavy atom. The van der Waals surface area contributed by atoms with E-state index in [0.717, 1.165) is 12.8 Å². The minimum Gasteiger partial charge on any atom is -0.387 e. The minimum absolute atomic E-state index is 0.0132. The van der Waals surface area contributed by atoms with Crippen molar-refractivity contribution in [1.29, 1.82) is 0 Å². The zero-order valence-corrected chi connectivity index (χ0v) is 15.9. The fourth-order valence-electron chi connectivity index (χ4n) is 2.83. The van der Waals surface area contributed by atoms with Gasteiger partial charge in [-0.2, -0.15) is 4.31 Å². The molecule has 138 valence electrons. The molecule has 0 aromatic heterocycles. The quantitative estimate of drug-likeness (QED) is 0.731. The van der Waals surface area contributed by atoms with E-state index < -0.39 is 16.1 Å². The molecule has 1 saturated carbocycles. The molecule has 0 amide bonds. The van der Waals surface area contributed by atoms with Crippen molar-refractivity contribution >= 4 is 27.4 Å². The first-order valence-electron chi connectivity index (χ1n) is 8.36. The van der Waals surface area contributed by atoms with E-state index in [-0.39, 0.29) is 33.9 Å². The molecule has 1 aliphatic rings. The highest BCUT2D eigenvalue weighted by Crippen LogP contribution is 2.34. The molecular formula is C19H20ClNO4S. The van der Waals surface area contributed by atoms with Gasteiger partial charge in [0.15, 0.2) is 5.78 Å². The zero-order chi connectivity index (χ0) is 18.9. The number of carbonyl (C=O) groups excluding carboxylic acids is 1. The van der Waals surface area contributed by atoms with Crippen LogP contribution in [0.5, 0.6) is 0 Å². The van der Waals surface area contributed by atoms with Crippen LogP contribution in [0.3, 0.4) is 0 Å². The predicted molar refractivity (Wildman–Crippen MR) is 99.8 cm³/mol. The van der Waals surface area contributed by atoms with Crippen LogP contribution in [0.1, 0.15) is 41.8 Å². The Morgan fingerprint density at radius 2 is 1.88 bits per heavy atom. The highest BCUT2D eigenvalue weighted by Gasteiger charge is 2.39. The highest BCUT2D eigenvalue weighted by atomic mass is 35.5. The Balaban J connectivity index is 1.92. The molecule has 0 saturated heterocycles. The van der Waals surface area contributed by atoms with Crippen LogP contribution in [0.15, 0.2) is 53.4 Å². The summed E-state index contributed by atoms with van der Waals surface area (Å²) >= 11 is 5.99. The van der Waals surface area contributed by atoms with E-state index in [1.807, 2.05) is 6.07 Å². The maximum Gasteiger partial charge on any atom is 0.243 e. The summed E-state index contributed by atoms with van der Waals surface area (Å²) in [6.07, 6.45) is 0.591. The van der Waals surface area contributed by atoms with Crippen molar-refractivity contribution in [3.8, 4) is 0 Å². The summed E-state index contributed by atoms with van der Waals surface area (Å²) in [6.45, 7) is 1.31. The Hall–Kier alpha value is -1.73. The number of sulfonamides is 1. The van der Waals surface area contributed by atoms with Gasteiger partial charge in [-0.3, -0.25) is 4.79 Å². The van der Waals surface area contributed by atoms with Crippen molar-refractivity contribution in [3.05, 3.63) is 64.7 Å². The number of ketones is 1. The van der Waals surface area contributed by atoms with Crippen LogP contribution in [0.2, 0.25) is 5.02 Å². The van der Waals surface area contributed by atoms with E-state index >= 15 is 0 Å². The molecular weight excluding hydrogens is 374 g/mol. The summed E-state index contributed by atoms with van der Waals surface area (Å²) in [4.78, 5) is 11.7. The number of benzene rings is 2. The summed E-state index contributed by atoms with van der Waals surface area (Å²) in [5, 5.41) is 10.7. The molecule has 7 heteroatoms. The highest BCUT2D eigenvalue weighted by molar-refractivity contribution is 7.89. The lowest BCUT2D eigenvalue weighted by atomic mass is 10.1. The topological polar surface area (TPSA) is 74.7 Å². The van der Waals surface area contributed by atoms with Gasteiger partial charge in [0.1, 0.15) is 0 Å². The van der Waals surface area contributed by atoms with Gasteiger partial charge < -0.3 is 5.11 Å². The largest absolute Gasteiger partial charge is 0.387 e. The van der Waals surface area contributed by atoms with Crippen molar-refractivity contribution in [2.45, 2.75) is 36.8 Å². The molecule has 0 aliphatic heterocycles. The molecule has 5 nitrogen and oxygen atoms in total. The van der Waals surface area contributed by atoms with E-state index in [4.69, 9.17) is 11.6 Å². The fraction of sp³-hybridized carbons (Fsp3) is 0.316. The average Bonchev–Trinajstić information content (AvgIpc) is 3.44. The van der Waals surface area contributed by atoms with Gasteiger partial charge in [0, 0.05) is 18.2 Å². The van der Waals surface area contributed by atoms with Gasteiger partial charge in [-0.05, 0) is 43.5 Å². The number of halogens is 1. The van der Waals surface area contributed by atoms with E-state index in [2.05, 4.69) is 0 Å². The second-order valence-corrected chi connectivity index (χ2v) is 8.73. The normalized spacial score (nSPS) is 15.8. The van der Waals surface area contributed by atoms with Crippen molar-refractivity contribution in [3.63, 3.8) is 0 Å².